The number of hydrogen-bond acceptors (Lipinski definition) is 4. The number of benzene rings is 1. The number of ether oxygens (including phenoxy) is 1. The van der Waals surface area contributed by atoms with E-state index in [0.29, 0.717) is 22.6 Å². The van der Waals surface area contributed by atoms with Gasteiger partial charge < -0.3 is 9.64 Å². The summed E-state index contributed by atoms with van der Waals surface area (Å²) in [6.45, 7) is 8.81. The van der Waals surface area contributed by atoms with Crippen molar-refractivity contribution >= 4 is 17.5 Å². The molecule has 0 atom stereocenters. The van der Waals surface area contributed by atoms with Crippen LogP contribution in [0.15, 0.2) is 42.6 Å². The van der Waals surface area contributed by atoms with Gasteiger partial charge in [-0.3, -0.25) is 9.69 Å². The van der Waals surface area contributed by atoms with Crippen LogP contribution in [0.2, 0.25) is 5.15 Å². The van der Waals surface area contributed by atoms with Gasteiger partial charge in [0, 0.05) is 37.0 Å². The average molecular weight is 430 g/mol. The largest absolute Gasteiger partial charge is 0.496 e. The van der Waals surface area contributed by atoms with Gasteiger partial charge in [0.1, 0.15) is 10.9 Å². The van der Waals surface area contributed by atoms with Crippen LogP contribution in [-0.4, -0.2) is 54.0 Å². The van der Waals surface area contributed by atoms with Gasteiger partial charge in [0.2, 0.25) is 0 Å². The number of carbonyl (C=O) groups is 1. The van der Waals surface area contributed by atoms with Crippen molar-refractivity contribution in [3.8, 4) is 5.75 Å². The fraction of sp³-hybridized carbons (Fsp3) is 0.500. The lowest BCUT2D eigenvalue weighted by atomic mass is 9.95. The van der Waals surface area contributed by atoms with Crippen LogP contribution in [0.4, 0.5) is 0 Å². The minimum Gasteiger partial charge on any atom is -0.496 e. The smallest absolute Gasteiger partial charge is 0.254 e. The molecule has 0 bridgehead atoms. The number of piperidine rings is 1. The first kappa shape index (κ1) is 22.6. The van der Waals surface area contributed by atoms with Gasteiger partial charge >= 0.3 is 0 Å². The second kappa shape index (κ2) is 10.8. The standard InChI is InChI=1S/C24H32ClN3O2/c1-18(2)15-28(24(29)20-8-11-26-23(25)14-20)16-19-9-12-27(13-10-19)17-21-6-4-5-7-22(21)30-3/h4-8,11,14,18-19H,9-10,12-13,15-17H2,1-3H3. The molecule has 1 aliphatic heterocycles. The first-order chi connectivity index (χ1) is 14.5. The fourth-order valence-corrected chi connectivity index (χ4v) is 4.29. The zero-order valence-corrected chi connectivity index (χ0v) is 18.9. The number of amides is 1. The molecule has 5 nitrogen and oxygen atoms in total. The molecular weight excluding hydrogens is 398 g/mol. The van der Waals surface area contributed by atoms with Gasteiger partial charge in [0.15, 0.2) is 0 Å². The lowest BCUT2D eigenvalue weighted by Gasteiger charge is -2.35. The molecule has 0 saturated carbocycles. The van der Waals surface area contributed by atoms with E-state index in [4.69, 9.17) is 16.3 Å². The summed E-state index contributed by atoms with van der Waals surface area (Å²) >= 11 is 6.00. The molecule has 0 aliphatic carbocycles. The van der Waals surface area contributed by atoms with Gasteiger partial charge in [-0.05, 0) is 56.0 Å². The second-order valence-electron chi connectivity index (χ2n) is 8.50. The molecule has 0 N–H and O–H groups in total. The molecule has 1 fully saturated rings. The first-order valence-corrected chi connectivity index (χ1v) is 11.1. The summed E-state index contributed by atoms with van der Waals surface area (Å²) in [5.74, 6) is 1.92. The fourth-order valence-electron chi connectivity index (χ4n) is 4.11. The summed E-state index contributed by atoms with van der Waals surface area (Å²) in [6.07, 6.45) is 3.78. The SMILES string of the molecule is COc1ccccc1CN1CCC(CN(CC(C)C)C(=O)c2ccnc(Cl)c2)CC1. The molecule has 0 radical (unpaired) electrons. The van der Waals surface area contributed by atoms with Crippen molar-refractivity contribution in [3.05, 3.63) is 58.9 Å². The highest BCUT2D eigenvalue weighted by molar-refractivity contribution is 6.29. The maximum Gasteiger partial charge on any atom is 0.254 e. The second-order valence-corrected chi connectivity index (χ2v) is 8.89. The predicted octanol–water partition coefficient (Wildman–Crippen LogP) is 4.75. The van der Waals surface area contributed by atoms with E-state index in [-0.39, 0.29) is 5.91 Å². The van der Waals surface area contributed by atoms with E-state index < -0.39 is 0 Å². The molecule has 1 saturated heterocycles. The number of methoxy groups -OCH3 is 1. The van der Waals surface area contributed by atoms with Crippen LogP contribution >= 0.6 is 11.6 Å². The van der Waals surface area contributed by atoms with Crippen molar-refractivity contribution in [2.45, 2.75) is 33.2 Å². The van der Waals surface area contributed by atoms with Crippen molar-refractivity contribution in [2.75, 3.05) is 33.3 Å². The van der Waals surface area contributed by atoms with Crippen molar-refractivity contribution in [2.24, 2.45) is 11.8 Å². The summed E-state index contributed by atoms with van der Waals surface area (Å²) in [5.41, 5.74) is 1.84. The van der Waals surface area contributed by atoms with E-state index in [1.807, 2.05) is 17.0 Å². The molecular formula is C24H32ClN3O2. The molecule has 2 heterocycles. The van der Waals surface area contributed by atoms with E-state index in [1.54, 1.807) is 25.4 Å². The Bertz CT molecular complexity index is 835. The number of carbonyl (C=O) groups excluding carboxylic acids is 1. The molecule has 3 rings (SSSR count). The Morgan fingerprint density at radius 3 is 2.67 bits per heavy atom. The van der Waals surface area contributed by atoms with Crippen LogP contribution in [-0.2, 0) is 6.54 Å². The summed E-state index contributed by atoms with van der Waals surface area (Å²) in [4.78, 5) is 21.6. The highest BCUT2D eigenvalue weighted by Gasteiger charge is 2.25. The van der Waals surface area contributed by atoms with Crippen LogP contribution < -0.4 is 4.74 Å². The van der Waals surface area contributed by atoms with E-state index in [2.05, 4.69) is 35.9 Å². The minimum absolute atomic E-state index is 0.0458. The number of nitrogens with zero attached hydrogens (tertiary/aromatic N) is 3. The maximum atomic E-state index is 13.1. The van der Waals surface area contributed by atoms with E-state index >= 15 is 0 Å². The van der Waals surface area contributed by atoms with E-state index in [9.17, 15) is 4.79 Å². The molecule has 30 heavy (non-hydrogen) atoms. The zero-order valence-electron chi connectivity index (χ0n) is 18.2. The Balaban J connectivity index is 1.58. The lowest BCUT2D eigenvalue weighted by Crippen LogP contribution is -2.42. The third-order valence-electron chi connectivity index (χ3n) is 5.62. The number of hydrogen-bond donors (Lipinski definition) is 0. The van der Waals surface area contributed by atoms with Crippen LogP contribution in [0.3, 0.4) is 0 Å². The summed E-state index contributed by atoms with van der Waals surface area (Å²) in [6, 6.07) is 11.6. The Hall–Kier alpha value is -2.11. The molecule has 1 amide bonds. The molecule has 1 aliphatic rings. The van der Waals surface area contributed by atoms with Gasteiger partial charge in [-0.15, -0.1) is 0 Å². The Morgan fingerprint density at radius 2 is 2.00 bits per heavy atom. The number of pyridine rings is 1. The highest BCUT2D eigenvalue weighted by Crippen LogP contribution is 2.25. The van der Waals surface area contributed by atoms with Crippen molar-refractivity contribution in [3.63, 3.8) is 0 Å². The van der Waals surface area contributed by atoms with Crippen LogP contribution in [0, 0.1) is 11.8 Å². The molecule has 162 valence electrons. The van der Waals surface area contributed by atoms with Crippen molar-refractivity contribution in [1.29, 1.82) is 0 Å². The van der Waals surface area contributed by atoms with E-state index in [0.717, 1.165) is 51.3 Å². The molecule has 1 aromatic carbocycles. The van der Waals surface area contributed by atoms with Gasteiger partial charge in [-0.25, -0.2) is 4.98 Å². The lowest BCUT2D eigenvalue weighted by molar-refractivity contribution is 0.0663. The van der Waals surface area contributed by atoms with Gasteiger partial charge in [0.25, 0.3) is 5.91 Å². The third kappa shape index (κ3) is 6.19. The third-order valence-corrected chi connectivity index (χ3v) is 5.83. The minimum atomic E-state index is 0.0458. The van der Waals surface area contributed by atoms with Crippen LogP contribution in [0.1, 0.15) is 42.6 Å². The maximum absolute atomic E-state index is 13.1. The predicted molar refractivity (Wildman–Crippen MR) is 121 cm³/mol. The molecule has 0 spiro atoms. The first-order valence-electron chi connectivity index (χ1n) is 10.7. The Kier molecular flexibility index (Phi) is 8.11. The number of aromatic nitrogens is 1. The highest BCUT2D eigenvalue weighted by atomic mass is 35.5. The average Bonchev–Trinajstić information content (AvgIpc) is 2.74. The molecule has 6 heteroatoms. The summed E-state index contributed by atoms with van der Waals surface area (Å²) in [5, 5.41) is 0.356. The van der Waals surface area contributed by atoms with Crippen molar-refractivity contribution < 1.29 is 9.53 Å². The van der Waals surface area contributed by atoms with Crippen LogP contribution in [0.25, 0.3) is 0 Å². The molecule has 1 aromatic heterocycles. The summed E-state index contributed by atoms with van der Waals surface area (Å²) in [7, 11) is 1.72. The van der Waals surface area contributed by atoms with E-state index in [1.165, 1.54) is 5.56 Å². The van der Waals surface area contributed by atoms with Gasteiger partial charge in [-0.2, -0.15) is 0 Å². The Morgan fingerprint density at radius 1 is 1.27 bits per heavy atom. The number of likely N-dealkylation sites (tertiary alicyclic amines) is 1. The number of para-hydroxylation sites is 1. The Labute approximate surface area is 185 Å². The number of halogens is 1. The zero-order chi connectivity index (χ0) is 21.5. The van der Waals surface area contributed by atoms with Crippen LogP contribution in [0.5, 0.6) is 5.75 Å². The molecule has 2 aromatic rings. The molecule has 0 unspecified atom stereocenters. The number of rotatable bonds is 8. The monoisotopic (exact) mass is 429 g/mol. The normalized spacial score (nSPS) is 15.4. The topological polar surface area (TPSA) is 45.7 Å². The quantitative estimate of drug-likeness (QED) is 0.568. The summed E-state index contributed by atoms with van der Waals surface area (Å²) < 4.78 is 5.49. The van der Waals surface area contributed by atoms with Gasteiger partial charge in [0.05, 0.1) is 7.11 Å². The van der Waals surface area contributed by atoms with Gasteiger partial charge in [-0.1, -0.05) is 43.6 Å². The van der Waals surface area contributed by atoms with Crippen molar-refractivity contribution in [1.82, 2.24) is 14.8 Å².